The largest absolute Gasteiger partial charge is 0.370 e. The van der Waals surface area contributed by atoms with Crippen molar-refractivity contribution in [2.45, 2.75) is 26.3 Å². The first-order valence-electron chi connectivity index (χ1n) is 5.18. The first-order valence-corrected chi connectivity index (χ1v) is 6.35. The van der Waals surface area contributed by atoms with Crippen molar-refractivity contribution in [3.8, 4) is 0 Å². The molecule has 1 heterocycles. The van der Waals surface area contributed by atoms with Crippen LogP contribution in [0.15, 0.2) is 10.7 Å². The fourth-order valence-electron chi connectivity index (χ4n) is 1.61. The Balaban J connectivity index is 3.00. The number of carbonyl (C=O) groups excluding carboxylic acids is 1. The molecule has 1 rings (SSSR count). The van der Waals surface area contributed by atoms with Crippen molar-refractivity contribution in [3.05, 3.63) is 16.0 Å². The maximum Gasteiger partial charge on any atom is 0.224 e. The Bertz CT molecular complexity index is 415. The number of anilines is 1. The number of nitrogens with two attached hydrogens (primary N) is 1. The van der Waals surface area contributed by atoms with Crippen LogP contribution in [0.3, 0.4) is 0 Å². The molecule has 17 heavy (non-hydrogen) atoms. The van der Waals surface area contributed by atoms with Gasteiger partial charge in [-0.3, -0.25) is 4.79 Å². The first kappa shape index (κ1) is 14.2. The molecule has 2 N–H and O–H groups in total. The molecular formula is C10H14BrClN4O. The van der Waals surface area contributed by atoms with Gasteiger partial charge in [0.1, 0.15) is 5.82 Å². The van der Waals surface area contributed by atoms with Crippen molar-refractivity contribution >= 4 is 39.3 Å². The number of amides is 1. The Morgan fingerprint density at radius 2 is 2.35 bits per heavy atom. The summed E-state index contributed by atoms with van der Waals surface area (Å²) in [5, 5.41) is 0.174. The van der Waals surface area contributed by atoms with Crippen LogP contribution >= 0.6 is 27.5 Å². The molecule has 1 aromatic rings. The molecule has 1 aromatic heterocycles. The molecule has 0 aliphatic rings. The van der Waals surface area contributed by atoms with Crippen LogP contribution in [-0.4, -0.2) is 28.5 Å². The predicted octanol–water partition coefficient (Wildman–Crippen LogP) is 1.98. The number of hydrogen-bond acceptors (Lipinski definition) is 4. The van der Waals surface area contributed by atoms with Crippen molar-refractivity contribution in [1.82, 2.24) is 9.97 Å². The molecule has 1 unspecified atom stereocenters. The van der Waals surface area contributed by atoms with Crippen LogP contribution < -0.4 is 10.6 Å². The van der Waals surface area contributed by atoms with Gasteiger partial charge in [-0.15, -0.1) is 0 Å². The van der Waals surface area contributed by atoms with E-state index in [2.05, 4.69) is 25.9 Å². The van der Waals surface area contributed by atoms with Gasteiger partial charge >= 0.3 is 0 Å². The number of carbonyl (C=O) groups is 1. The van der Waals surface area contributed by atoms with Gasteiger partial charge in [0.25, 0.3) is 0 Å². The van der Waals surface area contributed by atoms with E-state index in [1.54, 1.807) is 6.20 Å². The molecule has 0 saturated heterocycles. The molecule has 94 valence electrons. The topological polar surface area (TPSA) is 72.1 Å². The lowest BCUT2D eigenvalue weighted by Gasteiger charge is -2.29. The van der Waals surface area contributed by atoms with E-state index in [4.69, 9.17) is 17.3 Å². The Kier molecular flexibility index (Phi) is 5.14. The van der Waals surface area contributed by atoms with E-state index in [1.807, 2.05) is 18.7 Å². The highest BCUT2D eigenvalue weighted by Crippen LogP contribution is 2.26. The second kappa shape index (κ2) is 6.16. The van der Waals surface area contributed by atoms with E-state index in [9.17, 15) is 4.79 Å². The number of nitrogens with zero attached hydrogens (tertiary/aromatic N) is 3. The van der Waals surface area contributed by atoms with E-state index in [1.165, 1.54) is 0 Å². The number of halogens is 2. The molecule has 0 aromatic carbocycles. The second-order valence-corrected chi connectivity index (χ2v) is 4.81. The van der Waals surface area contributed by atoms with Gasteiger partial charge in [-0.05, 0) is 41.4 Å². The third kappa shape index (κ3) is 3.81. The van der Waals surface area contributed by atoms with E-state index < -0.39 is 0 Å². The van der Waals surface area contributed by atoms with Crippen molar-refractivity contribution < 1.29 is 4.79 Å². The molecule has 0 fully saturated rings. The van der Waals surface area contributed by atoms with Crippen molar-refractivity contribution in [3.63, 3.8) is 0 Å². The van der Waals surface area contributed by atoms with Gasteiger partial charge in [-0.1, -0.05) is 0 Å². The summed E-state index contributed by atoms with van der Waals surface area (Å²) in [5.41, 5.74) is 5.20. The summed E-state index contributed by atoms with van der Waals surface area (Å²) >= 11 is 9.13. The Morgan fingerprint density at radius 3 is 2.88 bits per heavy atom. The summed E-state index contributed by atoms with van der Waals surface area (Å²) in [5.74, 6) is 0.327. The molecule has 0 aliphatic heterocycles. The SMILES string of the molecule is CCN(c1nc(Cl)ncc1Br)C(C)CC(N)=O. The third-order valence-electron chi connectivity index (χ3n) is 2.34. The Morgan fingerprint density at radius 1 is 1.71 bits per heavy atom. The van der Waals surface area contributed by atoms with Crippen LogP contribution in [0, 0.1) is 0 Å². The quantitative estimate of drug-likeness (QED) is 0.842. The zero-order valence-electron chi connectivity index (χ0n) is 9.65. The summed E-state index contributed by atoms with van der Waals surface area (Å²) in [6.45, 7) is 4.58. The van der Waals surface area contributed by atoms with E-state index in [0.717, 1.165) is 4.47 Å². The van der Waals surface area contributed by atoms with Gasteiger partial charge in [-0.25, -0.2) is 4.98 Å². The highest BCUT2D eigenvalue weighted by atomic mass is 79.9. The number of aromatic nitrogens is 2. The minimum atomic E-state index is -0.341. The van der Waals surface area contributed by atoms with Crippen molar-refractivity contribution in [1.29, 1.82) is 0 Å². The van der Waals surface area contributed by atoms with Crippen LogP contribution in [0.5, 0.6) is 0 Å². The normalized spacial score (nSPS) is 12.2. The minimum absolute atomic E-state index is 0.0419. The standard InChI is InChI=1S/C10H14BrClN4O/c1-3-16(6(2)4-8(13)17)9-7(11)5-14-10(12)15-9/h5-6H,3-4H2,1-2H3,(H2,13,17). The van der Waals surface area contributed by atoms with Crippen LogP contribution in [0.2, 0.25) is 5.28 Å². The number of rotatable bonds is 5. The highest BCUT2D eigenvalue weighted by molar-refractivity contribution is 9.10. The third-order valence-corrected chi connectivity index (χ3v) is 3.08. The number of hydrogen-bond donors (Lipinski definition) is 1. The van der Waals surface area contributed by atoms with Gasteiger partial charge in [0.2, 0.25) is 11.2 Å². The lowest BCUT2D eigenvalue weighted by atomic mass is 10.2. The molecule has 0 aliphatic carbocycles. The van der Waals surface area contributed by atoms with Crippen molar-refractivity contribution in [2.24, 2.45) is 5.73 Å². The fraction of sp³-hybridized carbons (Fsp3) is 0.500. The van der Waals surface area contributed by atoms with Gasteiger partial charge in [0.15, 0.2) is 0 Å². The Hall–Kier alpha value is -0.880. The fourth-order valence-corrected chi connectivity index (χ4v) is 2.16. The summed E-state index contributed by atoms with van der Waals surface area (Å²) in [6, 6.07) is -0.0419. The molecule has 0 saturated carbocycles. The average Bonchev–Trinajstić information content (AvgIpc) is 2.23. The molecule has 7 heteroatoms. The zero-order valence-corrected chi connectivity index (χ0v) is 12.0. The minimum Gasteiger partial charge on any atom is -0.370 e. The molecule has 5 nitrogen and oxygen atoms in total. The molecule has 0 radical (unpaired) electrons. The van der Waals surface area contributed by atoms with Gasteiger partial charge < -0.3 is 10.6 Å². The van der Waals surface area contributed by atoms with Crippen LogP contribution in [0.25, 0.3) is 0 Å². The summed E-state index contributed by atoms with van der Waals surface area (Å²) in [4.78, 5) is 20.9. The van der Waals surface area contributed by atoms with Crippen LogP contribution in [0.1, 0.15) is 20.3 Å². The highest BCUT2D eigenvalue weighted by Gasteiger charge is 2.19. The van der Waals surface area contributed by atoms with E-state index >= 15 is 0 Å². The van der Waals surface area contributed by atoms with E-state index in [-0.39, 0.29) is 23.7 Å². The summed E-state index contributed by atoms with van der Waals surface area (Å²) in [7, 11) is 0. The second-order valence-electron chi connectivity index (χ2n) is 3.62. The van der Waals surface area contributed by atoms with Gasteiger partial charge in [-0.2, -0.15) is 4.98 Å². The Labute approximate surface area is 113 Å². The monoisotopic (exact) mass is 320 g/mol. The molecule has 1 amide bonds. The lowest BCUT2D eigenvalue weighted by molar-refractivity contribution is -0.118. The lowest BCUT2D eigenvalue weighted by Crippen LogP contribution is -2.37. The summed E-state index contributed by atoms with van der Waals surface area (Å²) in [6.07, 6.45) is 1.85. The molecule has 0 spiro atoms. The average molecular weight is 322 g/mol. The smallest absolute Gasteiger partial charge is 0.224 e. The predicted molar refractivity (Wildman–Crippen MR) is 71.0 cm³/mol. The maximum atomic E-state index is 10.9. The maximum absolute atomic E-state index is 10.9. The number of primary amides is 1. The molecule has 0 bridgehead atoms. The van der Waals surface area contributed by atoms with Crippen molar-refractivity contribution in [2.75, 3.05) is 11.4 Å². The van der Waals surface area contributed by atoms with Gasteiger partial charge in [0, 0.05) is 25.2 Å². The van der Waals surface area contributed by atoms with Crippen LogP contribution in [0.4, 0.5) is 5.82 Å². The molecular weight excluding hydrogens is 307 g/mol. The zero-order chi connectivity index (χ0) is 13.0. The van der Waals surface area contributed by atoms with E-state index in [0.29, 0.717) is 12.4 Å². The first-order chi connectivity index (χ1) is 7.95. The molecule has 1 atom stereocenters. The van der Waals surface area contributed by atoms with Crippen LogP contribution in [-0.2, 0) is 4.79 Å². The summed E-state index contributed by atoms with van der Waals surface area (Å²) < 4.78 is 0.736. The van der Waals surface area contributed by atoms with Gasteiger partial charge in [0.05, 0.1) is 4.47 Å².